The lowest BCUT2D eigenvalue weighted by molar-refractivity contribution is -0.127. The van der Waals surface area contributed by atoms with Crippen molar-refractivity contribution in [2.75, 3.05) is 6.61 Å². The van der Waals surface area contributed by atoms with Crippen LogP contribution in [0.15, 0.2) is 36.4 Å². The molecule has 0 bridgehead atoms. The fraction of sp³-hybridized carbons (Fsp3) is 0.350. The fourth-order valence-electron chi connectivity index (χ4n) is 2.43. The summed E-state index contributed by atoms with van der Waals surface area (Å²) in [6.07, 6.45) is -0.595. The predicted octanol–water partition coefficient (Wildman–Crippen LogP) is 4.44. The molecule has 0 aliphatic heterocycles. The van der Waals surface area contributed by atoms with Crippen LogP contribution in [0.1, 0.15) is 30.5 Å². The number of rotatable bonds is 7. The molecule has 0 unspecified atom stereocenters. The molecule has 1 amide bonds. The summed E-state index contributed by atoms with van der Waals surface area (Å²) in [5.74, 6) is 1.30. The summed E-state index contributed by atoms with van der Waals surface area (Å²) in [6, 6.07) is 11.3. The van der Waals surface area contributed by atoms with Gasteiger partial charge in [-0.05, 0) is 68.7 Å². The molecule has 2 aromatic carbocycles. The summed E-state index contributed by atoms with van der Waals surface area (Å²) in [6.45, 7) is 8.58. The van der Waals surface area contributed by atoms with Crippen LogP contribution in [-0.2, 0) is 11.3 Å². The Hall–Kier alpha value is -2.20. The van der Waals surface area contributed by atoms with E-state index in [0.717, 1.165) is 27.5 Å². The molecule has 0 aromatic heterocycles. The van der Waals surface area contributed by atoms with Gasteiger partial charge in [0.1, 0.15) is 11.5 Å². The van der Waals surface area contributed by atoms with Gasteiger partial charge in [-0.1, -0.05) is 23.7 Å². The lowest BCUT2D eigenvalue weighted by Gasteiger charge is -2.16. The van der Waals surface area contributed by atoms with Crippen LogP contribution < -0.4 is 14.8 Å². The van der Waals surface area contributed by atoms with Crippen LogP contribution in [0.3, 0.4) is 0 Å². The fourth-order valence-corrected chi connectivity index (χ4v) is 2.54. The monoisotopic (exact) mass is 361 g/mol. The van der Waals surface area contributed by atoms with Crippen LogP contribution in [0.25, 0.3) is 0 Å². The summed E-state index contributed by atoms with van der Waals surface area (Å²) in [4.78, 5) is 12.2. The smallest absolute Gasteiger partial charge is 0.261 e. The van der Waals surface area contributed by atoms with Gasteiger partial charge in [-0.2, -0.15) is 0 Å². The summed E-state index contributed by atoms with van der Waals surface area (Å²) in [5, 5.41) is 3.60. The van der Waals surface area contributed by atoms with E-state index in [0.29, 0.717) is 18.9 Å². The molecule has 0 saturated heterocycles. The average Bonchev–Trinajstić information content (AvgIpc) is 2.59. The van der Waals surface area contributed by atoms with Crippen molar-refractivity contribution in [1.82, 2.24) is 5.32 Å². The molecule has 4 nitrogen and oxygen atoms in total. The molecule has 0 saturated carbocycles. The lowest BCUT2D eigenvalue weighted by Crippen LogP contribution is -2.35. The minimum absolute atomic E-state index is 0.167. The van der Waals surface area contributed by atoms with Gasteiger partial charge in [-0.15, -0.1) is 0 Å². The standard InChI is InChI=1S/C20H24ClNO3/c1-5-24-17-8-6-16(7-9-17)12-22-20(23)15(4)25-18-10-13(2)19(21)14(3)11-18/h6-11,15H,5,12H2,1-4H3,(H,22,23)/t15-/m1/s1. The Morgan fingerprint density at radius 1 is 1.12 bits per heavy atom. The van der Waals surface area contributed by atoms with E-state index in [2.05, 4.69) is 5.32 Å². The van der Waals surface area contributed by atoms with Crippen molar-refractivity contribution in [3.63, 3.8) is 0 Å². The average molecular weight is 362 g/mol. The predicted molar refractivity (Wildman–Crippen MR) is 100 cm³/mol. The van der Waals surface area contributed by atoms with Crippen LogP contribution in [0.4, 0.5) is 0 Å². The van der Waals surface area contributed by atoms with E-state index in [1.807, 2.05) is 57.2 Å². The maximum Gasteiger partial charge on any atom is 0.261 e. The highest BCUT2D eigenvalue weighted by Gasteiger charge is 2.15. The number of amides is 1. The number of aryl methyl sites for hydroxylation is 2. The van der Waals surface area contributed by atoms with Crippen molar-refractivity contribution in [2.45, 2.75) is 40.3 Å². The van der Waals surface area contributed by atoms with E-state index in [1.165, 1.54) is 0 Å². The number of carbonyl (C=O) groups is 1. The van der Waals surface area contributed by atoms with Crippen LogP contribution in [0.2, 0.25) is 5.02 Å². The van der Waals surface area contributed by atoms with Gasteiger partial charge in [0.2, 0.25) is 0 Å². The molecular weight excluding hydrogens is 338 g/mol. The number of ether oxygens (including phenoxy) is 2. The number of benzene rings is 2. The molecule has 1 N–H and O–H groups in total. The number of hydrogen-bond donors (Lipinski definition) is 1. The van der Waals surface area contributed by atoms with Gasteiger partial charge < -0.3 is 14.8 Å². The highest BCUT2D eigenvalue weighted by Crippen LogP contribution is 2.26. The van der Waals surface area contributed by atoms with Crippen molar-refractivity contribution < 1.29 is 14.3 Å². The van der Waals surface area contributed by atoms with Crippen molar-refractivity contribution >= 4 is 17.5 Å². The second-order valence-corrected chi connectivity index (χ2v) is 6.30. The molecule has 2 aromatic rings. The first kappa shape index (κ1) is 19.1. The molecule has 2 rings (SSSR count). The van der Waals surface area contributed by atoms with Crippen molar-refractivity contribution in [3.8, 4) is 11.5 Å². The molecule has 0 radical (unpaired) electrons. The molecule has 0 heterocycles. The first-order chi connectivity index (χ1) is 11.9. The molecule has 0 aliphatic carbocycles. The zero-order valence-corrected chi connectivity index (χ0v) is 15.8. The van der Waals surface area contributed by atoms with Crippen molar-refractivity contribution in [3.05, 3.63) is 58.1 Å². The summed E-state index contributed by atoms with van der Waals surface area (Å²) < 4.78 is 11.1. The van der Waals surface area contributed by atoms with Crippen LogP contribution >= 0.6 is 11.6 Å². The second-order valence-electron chi connectivity index (χ2n) is 5.93. The van der Waals surface area contributed by atoms with Crippen molar-refractivity contribution in [2.24, 2.45) is 0 Å². The third-order valence-electron chi connectivity index (χ3n) is 3.79. The highest BCUT2D eigenvalue weighted by molar-refractivity contribution is 6.32. The zero-order chi connectivity index (χ0) is 18.4. The molecule has 1 atom stereocenters. The number of hydrogen-bond acceptors (Lipinski definition) is 3. The Morgan fingerprint density at radius 3 is 2.28 bits per heavy atom. The highest BCUT2D eigenvalue weighted by atomic mass is 35.5. The molecule has 25 heavy (non-hydrogen) atoms. The maximum absolute atomic E-state index is 12.2. The minimum Gasteiger partial charge on any atom is -0.494 e. The zero-order valence-electron chi connectivity index (χ0n) is 15.1. The first-order valence-corrected chi connectivity index (χ1v) is 8.71. The summed E-state index contributed by atoms with van der Waals surface area (Å²) in [5.41, 5.74) is 2.86. The van der Waals surface area contributed by atoms with Crippen LogP contribution in [0, 0.1) is 13.8 Å². The molecule has 0 fully saturated rings. The van der Waals surface area contributed by atoms with E-state index in [-0.39, 0.29) is 5.91 Å². The second kappa shape index (κ2) is 8.77. The van der Waals surface area contributed by atoms with Gasteiger partial charge in [0, 0.05) is 11.6 Å². The molecular formula is C20H24ClNO3. The number of nitrogens with one attached hydrogen (secondary N) is 1. The summed E-state index contributed by atoms with van der Waals surface area (Å²) in [7, 11) is 0. The van der Waals surface area contributed by atoms with Gasteiger partial charge >= 0.3 is 0 Å². The number of halogens is 1. The van der Waals surface area contributed by atoms with E-state index in [9.17, 15) is 4.79 Å². The SMILES string of the molecule is CCOc1ccc(CNC(=O)[C@@H](C)Oc2cc(C)c(Cl)c(C)c2)cc1. The van der Waals surface area contributed by atoms with E-state index in [1.54, 1.807) is 6.92 Å². The van der Waals surface area contributed by atoms with Gasteiger partial charge in [-0.3, -0.25) is 4.79 Å². The minimum atomic E-state index is -0.595. The van der Waals surface area contributed by atoms with Gasteiger partial charge in [-0.25, -0.2) is 0 Å². The molecule has 134 valence electrons. The third kappa shape index (κ3) is 5.40. The first-order valence-electron chi connectivity index (χ1n) is 8.33. The Morgan fingerprint density at radius 2 is 1.72 bits per heavy atom. The Kier molecular flexibility index (Phi) is 6.71. The summed E-state index contributed by atoms with van der Waals surface area (Å²) >= 11 is 6.15. The lowest BCUT2D eigenvalue weighted by atomic mass is 10.1. The third-order valence-corrected chi connectivity index (χ3v) is 4.39. The van der Waals surface area contributed by atoms with Crippen molar-refractivity contribution in [1.29, 1.82) is 0 Å². The van der Waals surface area contributed by atoms with Gasteiger partial charge in [0.05, 0.1) is 6.61 Å². The van der Waals surface area contributed by atoms with E-state index < -0.39 is 6.10 Å². The quantitative estimate of drug-likeness (QED) is 0.793. The Balaban J connectivity index is 1.89. The molecule has 0 spiro atoms. The van der Waals surface area contributed by atoms with Gasteiger partial charge in [0.25, 0.3) is 5.91 Å². The van der Waals surface area contributed by atoms with Crippen LogP contribution in [0.5, 0.6) is 11.5 Å². The van der Waals surface area contributed by atoms with E-state index >= 15 is 0 Å². The molecule has 5 heteroatoms. The topological polar surface area (TPSA) is 47.6 Å². The van der Waals surface area contributed by atoms with Crippen LogP contribution in [-0.4, -0.2) is 18.6 Å². The maximum atomic E-state index is 12.2. The molecule has 0 aliphatic rings. The normalized spacial score (nSPS) is 11.7. The number of carbonyl (C=O) groups excluding carboxylic acids is 1. The largest absolute Gasteiger partial charge is 0.494 e. The van der Waals surface area contributed by atoms with E-state index in [4.69, 9.17) is 21.1 Å². The Bertz CT molecular complexity index is 705. The Labute approximate surface area is 154 Å². The van der Waals surface area contributed by atoms with Gasteiger partial charge in [0.15, 0.2) is 6.10 Å².